The van der Waals surface area contributed by atoms with Crippen molar-refractivity contribution in [1.82, 2.24) is 15.1 Å². The molecule has 0 aromatic heterocycles. The molecule has 0 bridgehead atoms. The van der Waals surface area contributed by atoms with Gasteiger partial charge in [-0.05, 0) is 76.1 Å². The number of aryl methyl sites for hydroxylation is 1. The van der Waals surface area contributed by atoms with Gasteiger partial charge >= 0.3 is 5.97 Å². The van der Waals surface area contributed by atoms with Gasteiger partial charge in [0.2, 0.25) is 17.7 Å². The van der Waals surface area contributed by atoms with E-state index in [1.165, 1.54) is 4.90 Å². The highest BCUT2D eigenvalue weighted by molar-refractivity contribution is 6.14. The quantitative estimate of drug-likeness (QED) is 0.0407. The number of Topliss-reactive ketones (excluding diaryl/α,β-unsaturated/α-hetero) is 1. The molecule has 0 fully saturated rings. The van der Waals surface area contributed by atoms with Crippen molar-refractivity contribution >= 4 is 47.0 Å². The smallest absolute Gasteiger partial charge is 0.311 e. The molecule has 40 heteroatoms. The fourth-order valence-corrected chi connectivity index (χ4v) is 10.7. The Balaban J connectivity index is 1.54. The summed E-state index contributed by atoms with van der Waals surface area (Å²) in [5, 5.41) is 5.66. The van der Waals surface area contributed by atoms with E-state index in [4.69, 9.17) is 137 Å². The van der Waals surface area contributed by atoms with Crippen LogP contribution in [0.15, 0.2) is 30.4 Å². The molecule has 0 unspecified atom stereocenters. The second-order valence-corrected chi connectivity index (χ2v) is 29.6. The topological polar surface area (TPSA) is 418 Å². The van der Waals surface area contributed by atoms with Crippen LogP contribution in [0.3, 0.4) is 0 Å². The number of benzene rings is 1. The van der Waals surface area contributed by atoms with E-state index >= 15 is 0 Å². The molecule has 1 aromatic carbocycles. The Labute approximate surface area is 758 Å². The van der Waals surface area contributed by atoms with Crippen molar-refractivity contribution in [2.75, 3.05) is 383 Å². The maximum Gasteiger partial charge on any atom is 0.311 e. The van der Waals surface area contributed by atoms with E-state index < -0.39 is 53.5 Å². The van der Waals surface area contributed by atoms with Crippen molar-refractivity contribution in [2.45, 2.75) is 86.3 Å². The normalized spacial score (nSPS) is 12.8. The largest absolute Gasteiger partial charge is 0.460 e. The minimum Gasteiger partial charge on any atom is -0.460 e. The van der Waals surface area contributed by atoms with Gasteiger partial charge in [-0.2, -0.15) is 0 Å². The molecule has 0 spiro atoms. The Kier molecular flexibility index (Phi) is 80.5. The maximum absolute atomic E-state index is 13.9. The zero-order valence-corrected chi connectivity index (χ0v) is 77.8. The molecule has 1 aromatic rings. The summed E-state index contributed by atoms with van der Waals surface area (Å²) < 4.78 is 159. The summed E-state index contributed by atoms with van der Waals surface area (Å²) in [6.07, 6.45) is 3.65. The standard InChI is InChI=1S/C88H156N4O36/c1-75(2)81(70-80(93)16-17-91(84(96)71-92-82(94)14-15-83(92)95)18-22-104-29-32-109-39-37-108-31-28-103-20-10-21-124-73-125-66-63-121-60-57-118-44-42-111-36-34-106-26-24-101-8)86(98)89-76(3)85(97)90-79-13-12-78(72-128-87(99)88(4,5)6)77(69-79)11-9-19-102-27-30-107-38-40-112-45-46-114-47-48-115-49-50-116-51-52-117-54-56-120-59-62-123-65-68-127-74-126-67-64-122-61-58-119-55-53-113-43-41-110-35-33-105-25-23-100-7/h12-15,69,75-76,81H,9-11,16-68,70-74H2,1-8H3,(H,89,98)(H,90,97)/t76-,81-/m0/s1. The van der Waals surface area contributed by atoms with Crippen molar-refractivity contribution in [3.8, 4) is 0 Å². The van der Waals surface area contributed by atoms with E-state index in [2.05, 4.69) is 10.6 Å². The lowest BCUT2D eigenvalue weighted by atomic mass is 9.89. The minimum atomic E-state index is -1.02. The summed E-state index contributed by atoms with van der Waals surface area (Å²) in [6.45, 7) is 31.8. The van der Waals surface area contributed by atoms with Crippen LogP contribution in [-0.2, 0) is 184 Å². The number of hydrogen-bond donors (Lipinski definition) is 2. The van der Waals surface area contributed by atoms with Gasteiger partial charge in [0.1, 0.15) is 38.6 Å². The van der Waals surface area contributed by atoms with E-state index in [1.54, 1.807) is 74.0 Å². The Morgan fingerprint density at radius 1 is 0.367 bits per heavy atom. The molecular formula is C88H156N4O36. The molecule has 1 aliphatic rings. The molecule has 0 saturated carbocycles. The second kappa shape index (κ2) is 86.9. The number of imide groups is 1. The predicted molar refractivity (Wildman–Crippen MR) is 465 cm³/mol. The molecular weight excluding hydrogens is 1690 g/mol. The Bertz CT molecular complexity index is 2840. The monoisotopic (exact) mass is 1850 g/mol. The number of carbonyl (C=O) groups excluding carboxylic acids is 7. The van der Waals surface area contributed by atoms with E-state index in [0.29, 0.717) is 335 Å². The van der Waals surface area contributed by atoms with Crippen LogP contribution in [0.5, 0.6) is 0 Å². The summed E-state index contributed by atoms with van der Waals surface area (Å²) in [5.41, 5.74) is 1.30. The fraction of sp³-hybridized carbons (Fsp3) is 0.830. The van der Waals surface area contributed by atoms with Crippen molar-refractivity contribution in [1.29, 1.82) is 0 Å². The molecule has 2 atom stereocenters. The predicted octanol–water partition coefficient (Wildman–Crippen LogP) is 3.56. The lowest BCUT2D eigenvalue weighted by Crippen LogP contribution is -2.46. The van der Waals surface area contributed by atoms with Crippen molar-refractivity contribution in [3.63, 3.8) is 0 Å². The molecule has 2 N–H and O–H groups in total. The Hall–Kier alpha value is -5.47. The summed E-state index contributed by atoms with van der Waals surface area (Å²) in [7, 11) is 3.26. The van der Waals surface area contributed by atoms with Gasteiger partial charge in [0, 0.05) is 77.1 Å². The van der Waals surface area contributed by atoms with Crippen molar-refractivity contribution < 1.29 is 171 Å². The van der Waals surface area contributed by atoms with Crippen LogP contribution in [0.2, 0.25) is 0 Å². The number of nitrogens with zero attached hydrogens (tertiary/aromatic N) is 2. The highest BCUT2D eigenvalue weighted by Gasteiger charge is 2.31. The number of methoxy groups -OCH3 is 2. The number of hydrogen-bond acceptors (Lipinski definition) is 36. The molecule has 744 valence electrons. The van der Waals surface area contributed by atoms with Gasteiger partial charge in [0.25, 0.3) is 11.8 Å². The molecule has 2 rings (SSSR count). The third kappa shape index (κ3) is 72.1. The molecule has 1 heterocycles. The van der Waals surface area contributed by atoms with E-state index in [0.717, 1.165) is 28.2 Å². The highest BCUT2D eigenvalue weighted by Crippen LogP contribution is 2.23. The summed E-state index contributed by atoms with van der Waals surface area (Å²) in [6, 6.07) is 4.26. The van der Waals surface area contributed by atoms with Crippen LogP contribution < -0.4 is 10.6 Å². The maximum atomic E-state index is 13.9. The van der Waals surface area contributed by atoms with E-state index in [-0.39, 0.29) is 83.6 Å². The van der Waals surface area contributed by atoms with Crippen molar-refractivity contribution in [2.24, 2.45) is 17.3 Å². The summed E-state index contributed by atoms with van der Waals surface area (Å²) >= 11 is 0. The minimum absolute atomic E-state index is 0.0149. The van der Waals surface area contributed by atoms with Gasteiger partial charge in [-0.1, -0.05) is 19.9 Å². The Morgan fingerprint density at radius 3 is 1.01 bits per heavy atom. The van der Waals surface area contributed by atoms with Gasteiger partial charge in [-0.15, -0.1) is 0 Å². The number of amides is 5. The first-order valence-corrected chi connectivity index (χ1v) is 44.7. The highest BCUT2D eigenvalue weighted by atomic mass is 16.7. The first-order chi connectivity index (χ1) is 62.5. The first kappa shape index (κ1) is 119. The van der Waals surface area contributed by atoms with Gasteiger partial charge < -0.3 is 153 Å². The van der Waals surface area contributed by atoms with Gasteiger partial charge in [-0.3, -0.25) is 38.5 Å². The van der Waals surface area contributed by atoms with Gasteiger partial charge in [-0.25, -0.2) is 0 Å². The number of carbonyl (C=O) groups is 7. The molecule has 5 amide bonds. The molecule has 0 radical (unpaired) electrons. The molecule has 40 nitrogen and oxygen atoms in total. The average molecular weight is 1850 g/mol. The zero-order chi connectivity index (χ0) is 92.7. The number of ketones is 1. The van der Waals surface area contributed by atoms with Crippen LogP contribution in [0.4, 0.5) is 5.69 Å². The van der Waals surface area contributed by atoms with Crippen LogP contribution in [-0.4, -0.2) is 435 Å². The average Bonchev–Trinajstić information content (AvgIpc) is 1.82. The lowest BCUT2D eigenvalue weighted by Gasteiger charge is -2.26. The van der Waals surface area contributed by atoms with Crippen LogP contribution in [0.1, 0.15) is 78.4 Å². The van der Waals surface area contributed by atoms with Crippen molar-refractivity contribution in [3.05, 3.63) is 41.5 Å². The second-order valence-electron chi connectivity index (χ2n) is 29.6. The summed E-state index contributed by atoms with van der Waals surface area (Å²) in [5.74, 6) is -4.68. The summed E-state index contributed by atoms with van der Waals surface area (Å²) in [4.78, 5) is 94.5. The van der Waals surface area contributed by atoms with E-state index in [9.17, 15) is 33.6 Å². The van der Waals surface area contributed by atoms with Crippen LogP contribution in [0.25, 0.3) is 0 Å². The number of esters is 1. The third-order valence-corrected chi connectivity index (χ3v) is 17.8. The molecule has 0 aliphatic carbocycles. The van der Waals surface area contributed by atoms with Gasteiger partial charge in [0.15, 0.2) is 0 Å². The lowest BCUT2D eigenvalue weighted by molar-refractivity contribution is -0.154. The SMILES string of the molecule is COCCOCCOCCOCCOCCOCCOCOCCOCCOCCOCCOCCOCCOCCOCCOCCOCCCc1cc(NC(=O)[C@H](C)NC(=O)[C@@H](CC(=O)CCN(CCOCCOCCOCCOCCCOCOCCOCCOCCOCCOCCOC)C(=O)CN2C(=O)C=CC2=O)C(C)C)ccc1COC(=O)C(C)(C)C. The molecule has 0 saturated heterocycles. The van der Waals surface area contributed by atoms with Crippen LogP contribution >= 0.6 is 0 Å². The van der Waals surface area contributed by atoms with Crippen LogP contribution in [0, 0.1) is 17.3 Å². The Morgan fingerprint density at radius 2 is 0.672 bits per heavy atom. The fourth-order valence-electron chi connectivity index (χ4n) is 10.7. The van der Waals surface area contributed by atoms with E-state index in [1.807, 2.05) is 0 Å². The molecule has 1 aliphatic heterocycles. The van der Waals surface area contributed by atoms with Gasteiger partial charge in [0.05, 0.1) is 323 Å². The first-order valence-electron chi connectivity index (χ1n) is 44.7. The number of anilines is 1. The number of ether oxygens (including phenoxy) is 29. The third-order valence-electron chi connectivity index (χ3n) is 17.8. The number of nitrogens with one attached hydrogen (secondary N) is 2. The number of rotatable bonds is 98. The molecule has 128 heavy (non-hydrogen) atoms. The zero-order valence-electron chi connectivity index (χ0n) is 77.8.